The van der Waals surface area contributed by atoms with Gasteiger partial charge in [-0.3, -0.25) is 4.79 Å². The van der Waals surface area contributed by atoms with Crippen LogP contribution in [0.15, 0.2) is 0 Å². The van der Waals surface area contributed by atoms with Crippen molar-refractivity contribution in [2.45, 2.75) is 12.6 Å². The van der Waals surface area contributed by atoms with Gasteiger partial charge in [-0.15, -0.1) is 0 Å². The van der Waals surface area contributed by atoms with E-state index < -0.39 is 18.5 Å². The van der Waals surface area contributed by atoms with Gasteiger partial charge in [0.25, 0.3) is 0 Å². The third-order valence-corrected chi connectivity index (χ3v) is 0.795. The lowest BCUT2D eigenvalue weighted by Gasteiger charge is -2.05. The minimum absolute atomic E-state index is 0.144. The first kappa shape index (κ1) is 10.2. The first-order valence-corrected chi connectivity index (χ1v) is 2.90. The molecular weight excluding hydrogens is 163 g/mol. The topological polar surface area (TPSA) is 49.3 Å². The molecule has 0 atom stereocenters. The Hall–Kier alpha value is -0.780. The molecule has 0 heterocycles. The van der Waals surface area contributed by atoms with Crippen molar-refractivity contribution in [3.8, 4) is 0 Å². The number of aliphatic hydroxyl groups is 1. The molecule has 0 bridgehead atoms. The highest BCUT2D eigenvalue weighted by Crippen LogP contribution is 2.18. The fraction of sp³-hybridized carbons (Fsp3) is 0.800. The molecule has 0 saturated carbocycles. The van der Waals surface area contributed by atoms with E-state index in [1.807, 2.05) is 5.32 Å². The van der Waals surface area contributed by atoms with Gasteiger partial charge in [0, 0.05) is 6.54 Å². The van der Waals surface area contributed by atoms with Gasteiger partial charge in [-0.25, -0.2) is 0 Å². The summed E-state index contributed by atoms with van der Waals surface area (Å²) in [6, 6.07) is 0. The minimum atomic E-state index is -4.47. The van der Waals surface area contributed by atoms with Crippen LogP contribution in [0.3, 0.4) is 0 Å². The van der Waals surface area contributed by atoms with Gasteiger partial charge in [0.2, 0.25) is 5.91 Å². The average molecular weight is 171 g/mol. The Labute approximate surface area is 61.2 Å². The maximum absolute atomic E-state index is 11.4. The second-order valence-corrected chi connectivity index (χ2v) is 1.87. The Morgan fingerprint density at radius 3 is 2.36 bits per heavy atom. The number of nitrogens with one attached hydrogen (secondary N) is 1. The summed E-state index contributed by atoms with van der Waals surface area (Å²) >= 11 is 0. The summed E-state index contributed by atoms with van der Waals surface area (Å²) in [4.78, 5) is 10.3. The first-order valence-electron chi connectivity index (χ1n) is 2.90. The van der Waals surface area contributed by atoms with Crippen LogP contribution in [-0.2, 0) is 4.79 Å². The van der Waals surface area contributed by atoms with Gasteiger partial charge in [0.05, 0.1) is 6.61 Å². The highest BCUT2D eigenvalue weighted by molar-refractivity contribution is 5.76. The van der Waals surface area contributed by atoms with E-state index in [2.05, 4.69) is 0 Å². The molecule has 2 N–H and O–H groups in total. The van der Waals surface area contributed by atoms with Crippen molar-refractivity contribution in [2.75, 3.05) is 13.2 Å². The van der Waals surface area contributed by atoms with Crippen LogP contribution in [0.4, 0.5) is 13.2 Å². The van der Waals surface area contributed by atoms with E-state index >= 15 is 0 Å². The van der Waals surface area contributed by atoms with Crippen LogP contribution in [0.25, 0.3) is 0 Å². The number of aliphatic hydroxyl groups excluding tert-OH is 1. The molecule has 1 amide bonds. The predicted octanol–water partition coefficient (Wildman–Crippen LogP) is 0.0473. The molecule has 6 heteroatoms. The molecule has 0 aromatic heterocycles. The molecule has 11 heavy (non-hydrogen) atoms. The van der Waals surface area contributed by atoms with Crippen LogP contribution in [-0.4, -0.2) is 30.3 Å². The van der Waals surface area contributed by atoms with Gasteiger partial charge < -0.3 is 10.4 Å². The van der Waals surface area contributed by atoms with Crippen molar-refractivity contribution >= 4 is 5.91 Å². The Morgan fingerprint density at radius 1 is 1.45 bits per heavy atom. The number of hydrogen-bond donors (Lipinski definition) is 2. The van der Waals surface area contributed by atoms with Crippen LogP contribution >= 0.6 is 0 Å². The van der Waals surface area contributed by atoms with Crippen LogP contribution < -0.4 is 5.32 Å². The number of amides is 1. The number of halogens is 3. The largest absolute Gasteiger partial charge is 0.397 e. The van der Waals surface area contributed by atoms with Crippen LogP contribution in [0.2, 0.25) is 0 Å². The van der Waals surface area contributed by atoms with E-state index in [4.69, 9.17) is 5.11 Å². The molecule has 0 rings (SSSR count). The lowest BCUT2D eigenvalue weighted by Crippen LogP contribution is -2.30. The Bertz CT molecular complexity index is 134. The van der Waals surface area contributed by atoms with Gasteiger partial charge >= 0.3 is 6.18 Å². The maximum Gasteiger partial charge on any atom is 0.397 e. The molecule has 0 unspecified atom stereocenters. The third kappa shape index (κ3) is 7.11. The van der Waals surface area contributed by atoms with Crippen molar-refractivity contribution in [2.24, 2.45) is 0 Å². The first-order chi connectivity index (χ1) is 4.95. The molecule has 0 aromatic rings. The van der Waals surface area contributed by atoms with Gasteiger partial charge in [0.1, 0.15) is 6.42 Å². The second-order valence-electron chi connectivity index (χ2n) is 1.87. The molecule has 0 radical (unpaired) electrons. The van der Waals surface area contributed by atoms with Crippen LogP contribution in [0, 0.1) is 0 Å². The summed E-state index contributed by atoms with van der Waals surface area (Å²) in [5, 5.41) is 10.00. The average Bonchev–Trinajstić information content (AvgIpc) is 1.79. The summed E-state index contributed by atoms with van der Waals surface area (Å²) < 4.78 is 34.2. The minimum Gasteiger partial charge on any atom is -0.395 e. The number of hydrogen-bond acceptors (Lipinski definition) is 2. The van der Waals surface area contributed by atoms with Crippen molar-refractivity contribution in [1.29, 1.82) is 0 Å². The van der Waals surface area contributed by atoms with Crippen LogP contribution in [0.5, 0.6) is 0 Å². The van der Waals surface area contributed by atoms with E-state index in [1.165, 1.54) is 0 Å². The second kappa shape index (κ2) is 4.17. The van der Waals surface area contributed by atoms with E-state index in [-0.39, 0.29) is 13.2 Å². The monoisotopic (exact) mass is 171 g/mol. The molecule has 66 valence electrons. The van der Waals surface area contributed by atoms with Crippen molar-refractivity contribution in [1.82, 2.24) is 5.32 Å². The SMILES string of the molecule is O=C(CC(F)(F)F)NCCO. The van der Waals surface area contributed by atoms with E-state index in [0.29, 0.717) is 0 Å². The molecule has 0 spiro atoms. The summed E-state index contributed by atoms with van der Waals surface area (Å²) in [7, 11) is 0. The van der Waals surface area contributed by atoms with Crippen molar-refractivity contribution in [3.05, 3.63) is 0 Å². The molecule has 0 saturated heterocycles. The molecule has 0 aliphatic carbocycles. The lowest BCUT2D eigenvalue weighted by molar-refractivity contribution is -0.153. The Morgan fingerprint density at radius 2 is 2.00 bits per heavy atom. The summed E-state index contributed by atoms with van der Waals surface area (Å²) in [5.74, 6) is -1.12. The molecule has 0 fully saturated rings. The number of carbonyl (C=O) groups excluding carboxylic acids is 1. The number of alkyl halides is 3. The highest BCUT2D eigenvalue weighted by atomic mass is 19.4. The zero-order valence-electron chi connectivity index (χ0n) is 5.61. The lowest BCUT2D eigenvalue weighted by atomic mass is 10.4. The number of rotatable bonds is 3. The van der Waals surface area contributed by atoms with Crippen molar-refractivity contribution < 1.29 is 23.1 Å². The van der Waals surface area contributed by atoms with Gasteiger partial charge in [0.15, 0.2) is 0 Å². The smallest absolute Gasteiger partial charge is 0.395 e. The third-order valence-electron chi connectivity index (χ3n) is 0.795. The quantitative estimate of drug-likeness (QED) is 0.630. The van der Waals surface area contributed by atoms with E-state index in [1.54, 1.807) is 0 Å². The normalized spacial score (nSPS) is 11.3. The fourth-order valence-corrected chi connectivity index (χ4v) is 0.440. The number of carbonyl (C=O) groups is 1. The van der Waals surface area contributed by atoms with Gasteiger partial charge in [-0.05, 0) is 0 Å². The zero-order valence-corrected chi connectivity index (χ0v) is 5.61. The Kier molecular flexibility index (Phi) is 3.88. The van der Waals surface area contributed by atoms with Gasteiger partial charge in [-0.1, -0.05) is 0 Å². The zero-order chi connectivity index (χ0) is 8.91. The van der Waals surface area contributed by atoms with Crippen molar-refractivity contribution in [3.63, 3.8) is 0 Å². The van der Waals surface area contributed by atoms with E-state index in [0.717, 1.165) is 0 Å². The molecule has 0 aromatic carbocycles. The maximum atomic E-state index is 11.4. The fourth-order valence-electron chi connectivity index (χ4n) is 0.440. The molecule has 3 nitrogen and oxygen atoms in total. The standard InChI is InChI=1S/C5H8F3NO2/c6-5(7,8)3-4(11)9-1-2-10/h10H,1-3H2,(H,9,11). The highest BCUT2D eigenvalue weighted by Gasteiger charge is 2.30. The van der Waals surface area contributed by atoms with E-state index in [9.17, 15) is 18.0 Å². The molecule has 0 aliphatic heterocycles. The Balaban J connectivity index is 3.53. The summed E-state index contributed by atoms with van der Waals surface area (Å²) in [5.41, 5.74) is 0. The summed E-state index contributed by atoms with van der Waals surface area (Å²) in [6.07, 6.45) is -5.97. The van der Waals surface area contributed by atoms with Crippen LogP contribution in [0.1, 0.15) is 6.42 Å². The van der Waals surface area contributed by atoms with Gasteiger partial charge in [-0.2, -0.15) is 13.2 Å². The molecular formula is C5H8F3NO2. The summed E-state index contributed by atoms with van der Waals surface area (Å²) in [6.45, 7) is -0.501. The molecule has 0 aliphatic rings. The predicted molar refractivity (Wildman–Crippen MR) is 30.8 cm³/mol.